The third-order valence-electron chi connectivity index (χ3n) is 2.55. The van der Waals surface area contributed by atoms with Gasteiger partial charge in [-0.1, -0.05) is 20.8 Å². The molecule has 13 heavy (non-hydrogen) atoms. The molecule has 1 atom stereocenters. The van der Waals surface area contributed by atoms with Crippen molar-refractivity contribution in [3.05, 3.63) is 0 Å². The van der Waals surface area contributed by atoms with E-state index in [9.17, 15) is 4.79 Å². The zero-order chi connectivity index (χ0) is 9.84. The van der Waals surface area contributed by atoms with Crippen LogP contribution in [-0.2, 0) is 4.79 Å². The fraction of sp³-hybridized carbons (Fsp3) is 0.900. The largest absolute Gasteiger partial charge is 0.340 e. The van der Waals surface area contributed by atoms with Gasteiger partial charge in [0, 0.05) is 31.6 Å². The summed E-state index contributed by atoms with van der Waals surface area (Å²) in [5.41, 5.74) is 0. The van der Waals surface area contributed by atoms with Crippen molar-refractivity contribution >= 4 is 5.91 Å². The molecule has 3 nitrogen and oxygen atoms in total. The van der Waals surface area contributed by atoms with E-state index in [0.29, 0.717) is 11.9 Å². The molecule has 0 spiro atoms. The van der Waals surface area contributed by atoms with E-state index in [0.717, 1.165) is 26.1 Å². The number of rotatable bonds is 2. The van der Waals surface area contributed by atoms with Crippen LogP contribution in [0.3, 0.4) is 0 Å². The number of carbonyl (C=O) groups is 1. The Balaban J connectivity index is 2.46. The van der Waals surface area contributed by atoms with E-state index in [1.807, 2.05) is 18.7 Å². The van der Waals surface area contributed by atoms with E-state index in [-0.39, 0.29) is 5.92 Å². The summed E-state index contributed by atoms with van der Waals surface area (Å²) in [4.78, 5) is 13.6. The van der Waals surface area contributed by atoms with Crippen LogP contribution in [0.15, 0.2) is 0 Å². The van der Waals surface area contributed by atoms with Crippen LogP contribution in [0, 0.1) is 5.92 Å². The van der Waals surface area contributed by atoms with Gasteiger partial charge in [0.1, 0.15) is 0 Å². The van der Waals surface area contributed by atoms with Crippen molar-refractivity contribution in [1.82, 2.24) is 10.2 Å². The maximum absolute atomic E-state index is 11.7. The van der Waals surface area contributed by atoms with Crippen molar-refractivity contribution in [3.63, 3.8) is 0 Å². The molecule has 76 valence electrons. The second-order valence-corrected chi connectivity index (χ2v) is 4.00. The predicted octanol–water partition coefficient (Wildman–Crippen LogP) is 0.853. The second kappa shape index (κ2) is 4.61. The smallest absolute Gasteiger partial charge is 0.225 e. The summed E-state index contributed by atoms with van der Waals surface area (Å²) in [6.07, 6.45) is 1.10. The Hall–Kier alpha value is -0.570. The summed E-state index contributed by atoms with van der Waals surface area (Å²) in [6.45, 7) is 8.77. The Morgan fingerprint density at radius 2 is 2.31 bits per heavy atom. The Kier molecular flexibility index (Phi) is 3.72. The first kappa shape index (κ1) is 10.5. The molecule has 1 amide bonds. The normalized spacial score (nSPS) is 23.7. The van der Waals surface area contributed by atoms with Gasteiger partial charge in [-0.25, -0.2) is 0 Å². The maximum Gasteiger partial charge on any atom is 0.225 e. The standard InChI is InChI=1S/C10H20N2O/c1-4-9-7-12(6-5-11-9)10(13)8(2)3/h8-9,11H,4-7H2,1-3H3. The number of nitrogens with one attached hydrogen (secondary N) is 1. The third-order valence-corrected chi connectivity index (χ3v) is 2.55. The molecule has 3 heteroatoms. The van der Waals surface area contributed by atoms with Crippen molar-refractivity contribution in [3.8, 4) is 0 Å². The van der Waals surface area contributed by atoms with E-state index in [4.69, 9.17) is 0 Å². The van der Waals surface area contributed by atoms with Crippen LogP contribution in [0.1, 0.15) is 27.2 Å². The number of hydrogen-bond donors (Lipinski definition) is 1. The van der Waals surface area contributed by atoms with Gasteiger partial charge in [0.25, 0.3) is 0 Å². The Morgan fingerprint density at radius 3 is 2.85 bits per heavy atom. The minimum Gasteiger partial charge on any atom is -0.340 e. The number of carbonyl (C=O) groups excluding carboxylic acids is 1. The van der Waals surface area contributed by atoms with Gasteiger partial charge in [-0.3, -0.25) is 4.79 Å². The maximum atomic E-state index is 11.7. The number of piperazine rings is 1. The quantitative estimate of drug-likeness (QED) is 0.690. The van der Waals surface area contributed by atoms with Crippen LogP contribution >= 0.6 is 0 Å². The van der Waals surface area contributed by atoms with Crippen molar-refractivity contribution in [2.45, 2.75) is 33.2 Å². The third kappa shape index (κ3) is 2.69. The Bertz CT molecular complexity index is 180. The predicted molar refractivity (Wildman–Crippen MR) is 53.5 cm³/mol. The van der Waals surface area contributed by atoms with E-state index >= 15 is 0 Å². The van der Waals surface area contributed by atoms with Crippen LogP contribution in [0.25, 0.3) is 0 Å². The first-order valence-electron chi connectivity index (χ1n) is 5.17. The lowest BCUT2D eigenvalue weighted by atomic mass is 10.1. The summed E-state index contributed by atoms with van der Waals surface area (Å²) in [7, 11) is 0. The van der Waals surface area contributed by atoms with Crippen molar-refractivity contribution in [2.24, 2.45) is 5.92 Å². The van der Waals surface area contributed by atoms with E-state index in [1.54, 1.807) is 0 Å². The fourth-order valence-corrected chi connectivity index (χ4v) is 1.66. The van der Waals surface area contributed by atoms with Crippen molar-refractivity contribution in [1.29, 1.82) is 0 Å². The molecule has 1 fully saturated rings. The molecule has 0 aromatic carbocycles. The average Bonchev–Trinajstić information content (AvgIpc) is 2.16. The summed E-state index contributed by atoms with van der Waals surface area (Å²) >= 11 is 0. The van der Waals surface area contributed by atoms with Crippen molar-refractivity contribution in [2.75, 3.05) is 19.6 Å². The SMILES string of the molecule is CCC1CN(C(=O)C(C)C)CCN1. The molecular weight excluding hydrogens is 164 g/mol. The molecule has 0 aromatic rings. The lowest BCUT2D eigenvalue weighted by molar-refractivity contribution is -0.135. The van der Waals surface area contributed by atoms with E-state index in [2.05, 4.69) is 12.2 Å². The van der Waals surface area contributed by atoms with Gasteiger partial charge in [-0.05, 0) is 6.42 Å². The van der Waals surface area contributed by atoms with Crippen LogP contribution in [0.2, 0.25) is 0 Å². The number of amides is 1. The second-order valence-electron chi connectivity index (χ2n) is 4.00. The molecule has 1 unspecified atom stereocenters. The van der Waals surface area contributed by atoms with Gasteiger partial charge in [-0.2, -0.15) is 0 Å². The lowest BCUT2D eigenvalue weighted by Gasteiger charge is -2.34. The van der Waals surface area contributed by atoms with Crippen LogP contribution in [0.4, 0.5) is 0 Å². The monoisotopic (exact) mass is 184 g/mol. The summed E-state index contributed by atoms with van der Waals surface area (Å²) in [5, 5.41) is 3.40. The van der Waals surface area contributed by atoms with Gasteiger partial charge in [0.05, 0.1) is 0 Å². The molecule has 1 saturated heterocycles. The molecule has 0 aliphatic carbocycles. The van der Waals surface area contributed by atoms with Gasteiger partial charge >= 0.3 is 0 Å². The minimum absolute atomic E-state index is 0.135. The molecule has 0 aromatic heterocycles. The molecule has 1 aliphatic heterocycles. The molecule has 1 rings (SSSR count). The van der Waals surface area contributed by atoms with Gasteiger partial charge in [-0.15, -0.1) is 0 Å². The summed E-state index contributed by atoms with van der Waals surface area (Å²) < 4.78 is 0. The first-order chi connectivity index (χ1) is 6.15. The van der Waals surface area contributed by atoms with Crippen molar-refractivity contribution < 1.29 is 4.79 Å². The average molecular weight is 184 g/mol. The van der Waals surface area contributed by atoms with Gasteiger partial charge in [0.2, 0.25) is 5.91 Å². The zero-order valence-corrected chi connectivity index (χ0v) is 8.84. The van der Waals surface area contributed by atoms with Gasteiger partial charge in [0.15, 0.2) is 0 Å². The molecule has 1 aliphatic rings. The Labute approximate surface area is 80.5 Å². The zero-order valence-electron chi connectivity index (χ0n) is 8.84. The minimum atomic E-state index is 0.135. The lowest BCUT2D eigenvalue weighted by Crippen LogP contribution is -2.53. The number of nitrogens with zero attached hydrogens (tertiary/aromatic N) is 1. The number of hydrogen-bond acceptors (Lipinski definition) is 2. The Morgan fingerprint density at radius 1 is 1.62 bits per heavy atom. The topological polar surface area (TPSA) is 32.3 Å². The summed E-state index contributed by atoms with van der Waals surface area (Å²) in [5.74, 6) is 0.426. The highest BCUT2D eigenvalue weighted by molar-refractivity contribution is 5.78. The van der Waals surface area contributed by atoms with Crippen LogP contribution in [-0.4, -0.2) is 36.5 Å². The van der Waals surface area contributed by atoms with E-state index < -0.39 is 0 Å². The van der Waals surface area contributed by atoms with E-state index in [1.165, 1.54) is 0 Å². The highest BCUT2D eigenvalue weighted by atomic mass is 16.2. The van der Waals surface area contributed by atoms with Crippen LogP contribution < -0.4 is 5.32 Å². The first-order valence-corrected chi connectivity index (χ1v) is 5.17. The van der Waals surface area contributed by atoms with Crippen LogP contribution in [0.5, 0.6) is 0 Å². The molecule has 1 heterocycles. The molecule has 0 bridgehead atoms. The fourth-order valence-electron chi connectivity index (χ4n) is 1.66. The highest BCUT2D eigenvalue weighted by Gasteiger charge is 2.23. The molecular formula is C10H20N2O. The molecule has 0 saturated carbocycles. The summed E-state index contributed by atoms with van der Waals surface area (Å²) in [6, 6.07) is 0.497. The highest BCUT2D eigenvalue weighted by Crippen LogP contribution is 2.07. The molecule has 0 radical (unpaired) electrons. The van der Waals surface area contributed by atoms with Gasteiger partial charge < -0.3 is 10.2 Å². The molecule has 1 N–H and O–H groups in total.